The molecule has 3 rings (SSSR count). The molecule has 2 aliphatic heterocycles. The largest absolute Gasteiger partial charge is 0.508 e. The van der Waals surface area contributed by atoms with Crippen LogP contribution >= 0.6 is 0 Å². The molecule has 102 valence electrons. The third kappa shape index (κ3) is 2.59. The van der Waals surface area contributed by atoms with E-state index in [-0.39, 0.29) is 11.7 Å². The molecule has 2 fully saturated rings. The Kier molecular flexibility index (Phi) is 3.42. The van der Waals surface area contributed by atoms with Crippen LogP contribution in [-0.4, -0.2) is 41.6 Å². The molecule has 0 unspecified atom stereocenters. The molecule has 1 aromatic carbocycles. The Balaban J connectivity index is 1.64. The molecule has 2 heterocycles. The van der Waals surface area contributed by atoms with E-state index in [9.17, 15) is 9.90 Å². The van der Waals surface area contributed by atoms with E-state index in [1.807, 2.05) is 17.0 Å². The van der Waals surface area contributed by atoms with Gasteiger partial charge in [-0.05, 0) is 31.4 Å². The maximum absolute atomic E-state index is 12.3. The summed E-state index contributed by atoms with van der Waals surface area (Å²) in [6.07, 6.45) is 2.73. The Morgan fingerprint density at radius 3 is 3.00 bits per heavy atom. The van der Waals surface area contributed by atoms with Crippen molar-refractivity contribution in [1.29, 1.82) is 0 Å². The number of phenolic OH excluding ortho intramolecular Hbond substituents is 1. The normalized spacial score (nSPS) is 26.2. The fourth-order valence-electron chi connectivity index (χ4n) is 3.19. The van der Waals surface area contributed by atoms with Crippen LogP contribution in [0.5, 0.6) is 5.75 Å². The predicted molar refractivity (Wildman–Crippen MR) is 72.9 cm³/mol. The Morgan fingerprint density at radius 2 is 2.21 bits per heavy atom. The number of phenols is 1. The van der Waals surface area contributed by atoms with Crippen molar-refractivity contribution in [3.05, 3.63) is 29.8 Å². The van der Waals surface area contributed by atoms with Crippen molar-refractivity contribution in [2.45, 2.75) is 25.3 Å². The lowest BCUT2D eigenvalue weighted by atomic mass is 9.94. The SMILES string of the molecule is O=C(Cc1ccccc1O)N1C[C@@H]2CCCN[C@@H]2C1. The Hall–Kier alpha value is -1.55. The standard InChI is InChI=1S/C15H20N2O2/c18-14-6-2-1-4-11(14)8-15(19)17-9-12-5-3-7-16-13(12)10-17/h1-2,4,6,12-13,16,18H,3,5,7-10H2/t12-,13+/m0/s1. The van der Waals surface area contributed by atoms with Crippen LogP contribution in [0.25, 0.3) is 0 Å². The summed E-state index contributed by atoms with van der Waals surface area (Å²) in [5, 5.41) is 13.2. The minimum atomic E-state index is 0.123. The summed E-state index contributed by atoms with van der Waals surface area (Å²) >= 11 is 0. The molecule has 4 heteroatoms. The van der Waals surface area contributed by atoms with Crippen LogP contribution in [0.15, 0.2) is 24.3 Å². The van der Waals surface area contributed by atoms with Gasteiger partial charge in [-0.25, -0.2) is 0 Å². The van der Waals surface area contributed by atoms with Gasteiger partial charge in [-0.3, -0.25) is 4.79 Å². The van der Waals surface area contributed by atoms with Gasteiger partial charge in [0.05, 0.1) is 6.42 Å². The predicted octanol–water partition coefficient (Wildman–Crippen LogP) is 1.15. The summed E-state index contributed by atoms with van der Waals surface area (Å²) in [7, 11) is 0. The molecule has 0 bridgehead atoms. The molecule has 2 atom stereocenters. The third-order valence-electron chi connectivity index (χ3n) is 4.29. The van der Waals surface area contributed by atoms with Crippen LogP contribution in [-0.2, 0) is 11.2 Å². The number of nitrogens with one attached hydrogen (secondary N) is 1. The van der Waals surface area contributed by atoms with Crippen molar-refractivity contribution in [2.24, 2.45) is 5.92 Å². The van der Waals surface area contributed by atoms with Crippen LogP contribution in [0.1, 0.15) is 18.4 Å². The molecule has 4 nitrogen and oxygen atoms in total. The second-order valence-corrected chi connectivity index (χ2v) is 5.57. The Morgan fingerprint density at radius 1 is 1.37 bits per heavy atom. The molecular formula is C15H20N2O2. The van der Waals surface area contributed by atoms with Gasteiger partial charge in [-0.1, -0.05) is 18.2 Å². The maximum atomic E-state index is 12.3. The van der Waals surface area contributed by atoms with Gasteiger partial charge in [0.25, 0.3) is 0 Å². The highest BCUT2D eigenvalue weighted by molar-refractivity contribution is 5.79. The summed E-state index contributed by atoms with van der Waals surface area (Å²) in [6, 6.07) is 7.55. The first kappa shape index (κ1) is 12.5. The third-order valence-corrected chi connectivity index (χ3v) is 4.29. The molecule has 0 spiro atoms. The topological polar surface area (TPSA) is 52.6 Å². The van der Waals surface area contributed by atoms with Crippen LogP contribution in [0.2, 0.25) is 0 Å². The fraction of sp³-hybridized carbons (Fsp3) is 0.533. The second kappa shape index (κ2) is 5.21. The van der Waals surface area contributed by atoms with Crippen LogP contribution in [0.4, 0.5) is 0 Å². The van der Waals surface area contributed by atoms with Gasteiger partial charge in [0, 0.05) is 24.7 Å². The molecule has 0 saturated carbocycles. The molecular weight excluding hydrogens is 240 g/mol. The zero-order chi connectivity index (χ0) is 13.2. The molecule has 1 amide bonds. The highest BCUT2D eigenvalue weighted by atomic mass is 16.3. The van der Waals surface area contributed by atoms with Crippen molar-refractivity contribution >= 4 is 5.91 Å². The van der Waals surface area contributed by atoms with Crippen molar-refractivity contribution in [2.75, 3.05) is 19.6 Å². The number of rotatable bonds is 2. The van der Waals surface area contributed by atoms with Gasteiger partial charge in [0.2, 0.25) is 5.91 Å². The van der Waals surface area contributed by atoms with Crippen molar-refractivity contribution < 1.29 is 9.90 Å². The molecule has 0 radical (unpaired) electrons. The lowest BCUT2D eigenvalue weighted by molar-refractivity contribution is -0.129. The van der Waals surface area contributed by atoms with E-state index >= 15 is 0 Å². The van der Waals surface area contributed by atoms with E-state index in [0.717, 1.165) is 25.2 Å². The van der Waals surface area contributed by atoms with Gasteiger partial charge < -0.3 is 15.3 Å². The Labute approximate surface area is 113 Å². The number of para-hydroxylation sites is 1. The smallest absolute Gasteiger partial charge is 0.227 e. The number of carbonyl (C=O) groups excluding carboxylic acids is 1. The number of carbonyl (C=O) groups is 1. The average Bonchev–Trinajstić information content (AvgIpc) is 2.85. The van der Waals surface area contributed by atoms with Gasteiger partial charge in [-0.2, -0.15) is 0 Å². The van der Waals surface area contributed by atoms with E-state index < -0.39 is 0 Å². The van der Waals surface area contributed by atoms with Gasteiger partial charge >= 0.3 is 0 Å². The average molecular weight is 260 g/mol. The van der Waals surface area contributed by atoms with Crippen LogP contribution < -0.4 is 5.32 Å². The number of likely N-dealkylation sites (tertiary alicyclic amines) is 1. The molecule has 2 aliphatic rings. The second-order valence-electron chi connectivity index (χ2n) is 5.57. The number of piperidine rings is 1. The van der Waals surface area contributed by atoms with Gasteiger partial charge in [-0.15, -0.1) is 0 Å². The van der Waals surface area contributed by atoms with Crippen molar-refractivity contribution in [3.63, 3.8) is 0 Å². The summed E-state index contributed by atoms with van der Waals surface area (Å²) < 4.78 is 0. The summed E-state index contributed by atoms with van der Waals surface area (Å²) in [5.74, 6) is 0.949. The monoisotopic (exact) mass is 260 g/mol. The van der Waals surface area contributed by atoms with Crippen molar-refractivity contribution in [1.82, 2.24) is 10.2 Å². The van der Waals surface area contributed by atoms with Gasteiger partial charge in [0.15, 0.2) is 0 Å². The Bertz CT molecular complexity index is 461. The van der Waals surface area contributed by atoms with Gasteiger partial charge in [0.1, 0.15) is 5.75 Å². The van der Waals surface area contributed by atoms with E-state index in [4.69, 9.17) is 0 Å². The number of aromatic hydroxyl groups is 1. The highest BCUT2D eigenvalue weighted by Gasteiger charge is 2.36. The summed E-state index contributed by atoms with van der Waals surface area (Å²) in [5.41, 5.74) is 0.718. The minimum Gasteiger partial charge on any atom is -0.508 e. The number of fused-ring (bicyclic) bond motifs is 1. The van der Waals surface area contributed by atoms with E-state index in [1.165, 1.54) is 12.8 Å². The number of amides is 1. The van der Waals surface area contributed by atoms with Crippen LogP contribution in [0.3, 0.4) is 0 Å². The maximum Gasteiger partial charge on any atom is 0.227 e. The van der Waals surface area contributed by atoms with Crippen LogP contribution in [0, 0.1) is 5.92 Å². The van der Waals surface area contributed by atoms with E-state index in [2.05, 4.69) is 5.32 Å². The lowest BCUT2D eigenvalue weighted by Gasteiger charge is -2.24. The first-order valence-electron chi connectivity index (χ1n) is 7.02. The minimum absolute atomic E-state index is 0.123. The number of benzene rings is 1. The summed E-state index contributed by atoms with van der Waals surface area (Å²) in [6.45, 7) is 2.75. The number of hydrogen-bond donors (Lipinski definition) is 2. The quantitative estimate of drug-likeness (QED) is 0.838. The number of hydrogen-bond acceptors (Lipinski definition) is 3. The fourth-order valence-corrected chi connectivity index (χ4v) is 3.19. The van der Waals surface area contributed by atoms with E-state index in [0.29, 0.717) is 18.4 Å². The zero-order valence-corrected chi connectivity index (χ0v) is 11.0. The first-order chi connectivity index (χ1) is 9.24. The van der Waals surface area contributed by atoms with Crippen molar-refractivity contribution in [3.8, 4) is 5.75 Å². The molecule has 2 N–H and O–H groups in total. The molecule has 0 aromatic heterocycles. The molecule has 1 aromatic rings. The highest BCUT2D eigenvalue weighted by Crippen LogP contribution is 2.26. The summed E-state index contributed by atoms with van der Waals surface area (Å²) in [4.78, 5) is 14.2. The number of nitrogens with zero attached hydrogens (tertiary/aromatic N) is 1. The van der Waals surface area contributed by atoms with E-state index in [1.54, 1.807) is 12.1 Å². The molecule has 19 heavy (non-hydrogen) atoms. The first-order valence-corrected chi connectivity index (χ1v) is 7.02. The molecule has 0 aliphatic carbocycles. The zero-order valence-electron chi connectivity index (χ0n) is 11.0. The lowest BCUT2D eigenvalue weighted by Crippen LogP contribution is -2.41. The molecule has 2 saturated heterocycles.